The van der Waals surface area contributed by atoms with E-state index in [0.29, 0.717) is 37.7 Å². The molecule has 0 radical (unpaired) electrons. The molecule has 154 valence electrons. The summed E-state index contributed by atoms with van der Waals surface area (Å²) in [6, 6.07) is 1.66. The maximum absolute atomic E-state index is 12.4. The number of nitrogens with zero attached hydrogens (tertiary/aromatic N) is 3. The smallest absolute Gasteiger partial charge is 0.273 e. The highest BCUT2D eigenvalue weighted by molar-refractivity contribution is 5.92. The van der Waals surface area contributed by atoms with Gasteiger partial charge in [0, 0.05) is 44.0 Å². The molecule has 0 aliphatic carbocycles. The summed E-state index contributed by atoms with van der Waals surface area (Å²) in [5, 5.41) is 6.73. The summed E-state index contributed by atoms with van der Waals surface area (Å²) in [6.45, 7) is 9.54. The molecule has 29 heavy (non-hydrogen) atoms. The summed E-state index contributed by atoms with van der Waals surface area (Å²) in [7, 11) is 0. The summed E-state index contributed by atoms with van der Waals surface area (Å²) in [4.78, 5) is 31.1. The number of allylic oxidation sites excluding steroid dienone is 1. The summed E-state index contributed by atoms with van der Waals surface area (Å²) in [5.41, 5.74) is 4.39. The van der Waals surface area contributed by atoms with E-state index >= 15 is 0 Å². The third-order valence-corrected chi connectivity index (χ3v) is 5.10. The van der Waals surface area contributed by atoms with Gasteiger partial charge in [-0.1, -0.05) is 32.0 Å². The number of fused-ring (bicyclic) bond motifs is 1. The molecule has 0 fully saturated rings. The summed E-state index contributed by atoms with van der Waals surface area (Å²) >= 11 is 0. The van der Waals surface area contributed by atoms with Crippen molar-refractivity contribution in [1.82, 2.24) is 20.4 Å². The van der Waals surface area contributed by atoms with Gasteiger partial charge in [0.1, 0.15) is 5.76 Å². The minimum absolute atomic E-state index is 0.0255. The van der Waals surface area contributed by atoms with Crippen molar-refractivity contribution >= 4 is 11.8 Å². The molecule has 7 nitrogen and oxygen atoms in total. The second-order valence-electron chi connectivity index (χ2n) is 7.65. The van der Waals surface area contributed by atoms with Gasteiger partial charge in [0.15, 0.2) is 5.69 Å². The van der Waals surface area contributed by atoms with Gasteiger partial charge >= 0.3 is 0 Å². The molecule has 3 rings (SSSR count). The van der Waals surface area contributed by atoms with Crippen LogP contribution in [0.3, 0.4) is 0 Å². The van der Waals surface area contributed by atoms with E-state index in [4.69, 9.17) is 4.52 Å². The third kappa shape index (κ3) is 4.91. The van der Waals surface area contributed by atoms with E-state index in [0.717, 1.165) is 23.2 Å². The number of amides is 2. The first kappa shape index (κ1) is 20.8. The van der Waals surface area contributed by atoms with Gasteiger partial charge in [-0.15, -0.1) is 0 Å². The average molecular weight is 396 g/mol. The molecule has 2 aromatic heterocycles. The van der Waals surface area contributed by atoms with Crippen molar-refractivity contribution in [3.8, 4) is 0 Å². The van der Waals surface area contributed by atoms with Gasteiger partial charge in [-0.25, -0.2) is 0 Å². The number of hydrogen-bond acceptors (Lipinski definition) is 5. The van der Waals surface area contributed by atoms with E-state index in [2.05, 4.69) is 15.5 Å². The van der Waals surface area contributed by atoms with Crippen LogP contribution in [0.15, 0.2) is 28.9 Å². The zero-order chi connectivity index (χ0) is 21.0. The van der Waals surface area contributed by atoms with Gasteiger partial charge in [-0.2, -0.15) is 0 Å². The molecule has 0 spiro atoms. The quantitative estimate of drug-likeness (QED) is 0.759. The fourth-order valence-corrected chi connectivity index (χ4v) is 3.37. The first-order chi connectivity index (χ1) is 13.9. The number of nitrogens with one attached hydrogen (secondary N) is 1. The third-order valence-electron chi connectivity index (χ3n) is 5.10. The lowest BCUT2D eigenvalue weighted by atomic mass is 9.94. The zero-order valence-corrected chi connectivity index (χ0v) is 17.5. The number of aryl methyl sites for hydroxylation is 2. The fourth-order valence-electron chi connectivity index (χ4n) is 3.37. The lowest BCUT2D eigenvalue weighted by Gasteiger charge is -2.30. The molecule has 0 bridgehead atoms. The monoisotopic (exact) mass is 396 g/mol. The van der Waals surface area contributed by atoms with Crippen LogP contribution < -0.4 is 5.32 Å². The van der Waals surface area contributed by atoms with Gasteiger partial charge in [0.25, 0.3) is 5.91 Å². The van der Waals surface area contributed by atoms with Crippen LogP contribution in [0, 0.1) is 12.8 Å². The SMILES string of the molecule is CCc1cc(C(=O)NCc2c(C)ncc3c2CCN(C(=O)/C=C/C(C)C)C3)no1. The van der Waals surface area contributed by atoms with Crippen molar-refractivity contribution in [2.45, 2.75) is 53.6 Å². The topological polar surface area (TPSA) is 88.3 Å². The van der Waals surface area contributed by atoms with Crippen LogP contribution in [0.2, 0.25) is 0 Å². The maximum atomic E-state index is 12.4. The number of hydrogen-bond donors (Lipinski definition) is 1. The Balaban J connectivity index is 1.71. The van der Waals surface area contributed by atoms with Crippen LogP contribution in [0.1, 0.15) is 59.4 Å². The van der Waals surface area contributed by atoms with Crippen molar-refractivity contribution in [3.63, 3.8) is 0 Å². The molecular weight excluding hydrogens is 368 g/mol. The summed E-state index contributed by atoms with van der Waals surface area (Å²) in [6.07, 6.45) is 6.85. The molecule has 0 unspecified atom stereocenters. The Morgan fingerprint density at radius 2 is 2.17 bits per heavy atom. The number of carbonyl (C=O) groups excluding carboxylic acids is 2. The van der Waals surface area contributed by atoms with Gasteiger partial charge < -0.3 is 14.7 Å². The Morgan fingerprint density at radius 1 is 1.38 bits per heavy atom. The van der Waals surface area contributed by atoms with Crippen LogP contribution in [0.5, 0.6) is 0 Å². The summed E-state index contributed by atoms with van der Waals surface area (Å²) < 4.78 is 5.10. The van der Waals surface area contributed by atoms with Crippen molar-refractivity contribution in [1.29, 1.82) is 0 Å². The van der Waals surface area contributed by atoms with Crippen molar-refractivity contribution in [2.75, 3.05) is 6.54 Å². The maximum Gasteiger partial charge on any atom is 0.273 e. The average Bonchev–Trinajstić information content (AvgIpc) is 3.20. The lowest BCUT2D eigenvalue weighted by molar-refractivity contribution is -0.126. The van der Waals surface area contributed by atoms with Crippen molar-refractivity contribution in [3.05, 3.63) is 58.3 Å². The molecule has 0 aromatic carbocycles. The van der Waals surface area contributed by atoms with Gasteiger partial charge in [0.05, 0.1) is 0 Å². The van der Waals surface area contributed by atoms with E-state index in [1.807, 2.05) is 44.9 Å². The first-order valence-corrected chi connectivity index (χ1v) is 10.1. The standard InChI is InChI=1S/C22H28N4O3/c1-5-17-10-20(25-29-17)22(28)24-12-19-15(4)23-11-16-13-26(9-8-18(16)19)21(27)7-6-14(2)3/h6-7,10-11,14H,5,8-9,12-13H2,1-4H3,(H,24,28)/b7-6+. The molecule has 1 N–H and O–H groups in total. The molecule has 1 aliphatic heterocycles. The Labute approximate surface area is 171 Å². The van der Waals surface area contributed by atoms with Crippen LogP contribution in [-0.4, -0.2) is 33.4 Å². The minimum atomic E-state index is -0.267. The predicted octanol–water partition coefficient (Wildman–Crippen LogP) is 2.97. The predicted molar refractivity (Wildman–Crippen MR) is 109 cm³/mol. The van der Waals surface area contributed by atoms with Crippen LogP contribution in [-0.2, 0) is 30.7 Å². The molecule has 2 amide bonds. The van der Waals surface area contributed by atoms with Crippen molar-refractivity contribution in [2.24, 2.45) is 5.92 Å². The van der Waals surface area contributed by atoms with Crippen LogP contribution >= 0.6 is 0 Å². The molecule has 0 saturated carbocycles. The Morgan fingerprint density at radius 3 is 2.86 bits per heavy atom. The minimum Gasteiger partial charge on any atom is -0.361 e. The zero-order valence-electron chi connectivity index (χ0n) is 17.5. The molecule has 2 aromatic rings. The van der Waals surface area contributed by atoms with E-state index in [1.165, 1.54) is 5.56 Å². The van der Waals surface area contributed by atoms with E-state index in [1.54, 1.807) is 12.1 Å². The molecule has 1 aliphatic rings. The molecule has 0 saturated heterocycles. The number of rotatable bonds is 6. The second-order valence-corrected chi connectivity index (χ2v) is 7.65. The highest BCUT2D eigenvalue weighted by Gasteiger charge is 2.23. The largest absolute Gasteiger partial charge is 0.361 e. The first-order valence-electron chi connectivity index (χ1n) is 10.1. The second kappa shape index (κ2) is 9.03. The van der Waals surface area contributed by atoms with Crippen LogP contribution in [0.4, 0.5) is 0 Å². The molecule has 3 heterocycles. The number of carbonyl (C=O) groups is 2. The van der Waals surface area contributed by atoms with Gasteiger partial charge in [0.2, 0.25) is 5.91 Å². The highest BCUT2D eigenvalue weighted by Crippen LogP contribution is 2.24. The van der Waals surface area contributed by atoms with Crippen LogP contribution in [0.25, 0.3) is 0 Å². The van der Waals surface area contributed by atoms with E-state index in [-0.39, 0.29) is 17.5 Å². The molecular formula is C22H28N4O3. The normalized spacial score (nSPS) is 13.8. The Hall–Kier alpha value is -2.96. The number of aromatic nitrogens is 2. The fraction of sp³-hybridized carbons (Fsp3) is 0.455. The van der Waals surface area contributed by atoms with E-state index < -0.39 is 0 Å². The molecule has 7 heteroatoms. The lowest BCUT2D eigenvalue weighted by Crippen LogP contribution is -2.36. The highest BCUT2D eigenvalue weighted by atomic mass is 16.5. The van der Waals surface area contributed by atoms with Gasteiger partial charge in [-0.3, -0.25) is 14.6 Å². The summed E-state index contributed by atoms with van der Waals surface area (Å²) in [5.74, 6) is 0.782. The molecule has 0 atom stereocenters. The van der Waals surface area contributed by atoms with Crippen molar-refractivity contribution < 1.29 is 14.1 Å². The number of pyridine rings is 1. The van der Waals surface area contributed by atoms with E-state index in [9.17, 15) is 9.59 Å². The van der Waals surface area contributed by atoms with Gasteiger partial charge in [-0.05, 0) is 42.0 Å². The Bertz CT molecular complexity index is 930. The Kier molecular flexibility index (Phi) is 6.46.